The van der Waals surface area contributed by atoms with Gasteiger partial charge in [-0.15, -0.1) is 0 Å². The first-order chi connectivity index (χ1) is 12.5. The van der Waals surface area contributed by atoms with E-state index >= 15 is 0 Å². The van der Waals surface area contributed by atoms with Crippen LogP contribution in [0.25, 0.3) is 0 Å². The van der Waals surface area contributed by atoms with E-state index in [0.29, 0.717) is 17.9 Å². The molecular weight excluding hydrogens is 332 g/mol. The summed E-state index contributed by atoms with van der Waals surface area (Å²) in [5, 5.41) is 8.73. The van der Waals surface area contributed by atoms with E-state index in [2.05, 4.69) is 0 Å². The fourth-order valence-electron chi connectivity index (χ4n) is 2.30. The average molecular weight is 352 g/mol. The quantitative estimate of drug-likeness (QED) is 0.716. The summed E-state index contributed by atoms with van der Waals surface area (Å²) in [7, 11) is 1.66. The van der Waals surface area contributed by atoms with Crippen LogP contribution in [0.3, 0.4) is 0 Å². The third-order valence-corrected chi connectivity index (χ3v) is 3.63. The first-order valence-electron chi connectivity index (χ1n) is 8.11. The Kier molecular flexibility index (Phi) is 6.75. The number of hydrogen-bond donors (Lipinski definition) is 0. The van der Waals surface area contributed by atoms with Gasteiger partial charge in [0.15, 0.2) is 12.7 Å². The van der Waals surface area contributed by atoms with Crippen LogP contribution in [-0.2, 0) is 20.9 Å². The number of esters is 1. The van der Waals surface area contributed by atoms with Gasteiger partial charge >= 0.3 is 5.97 Å². The van der Waals surface area contributed by atoms with Crippen molar-refractivity contribution >= 4 is 11.9 Å². The third-order valence-electron chi connectivity index (χ3n) is 3.63. The maximum Gasteiger partial charge on any atom is 0.344 e. The highest BCUT2D eigenvalue weighted by molar-refractivity contribution is 5.83. The van der Waals surface area contributed by atoms with Crippen molar-refractivity contribution in [2.45, 2.75) is 19.6 Å². The molecule has 0 saturated carbocycles. The number of benzene rings is 2. The molecule has 0 aromatic heterocycles. The van der Waals surface area contributed by atoms with E-state index in [1.54, 1.807) is 31.3 Å². The Hall–Kier alpha value is -3.33. The second-order valence-electron chi connectivity index (χ2n) is 5.74. The highest BCUT2D eigenvalue weighted by Crippen LogP contribution is 2.12. The molecule has 2 rings (SSSR count). The number of nitrogens with zero attached hydrogens (tertiary/aromatic N) is 2. The summed E-state index contributed by atoms with van der Waals surface area (Å²) < 4.78 is 10.4. The van der Waals surface area contributed by atoms with E-state index < -0.39 is 12.1 Å². The van der Waals surface area contributed by atoms with Crippen molar-refractivity contribution in [1.82, 2.24) is 4.90 Å². The molecule has 0 fully saturated rings. The largest absolute Gasteiger partial charge is 0.482 e. The number of likely N-dealkylation sites (N-methyl/N-ethyl adjacent to an activating group) is 1. The van der Waals surface area contributed by atoms with E-state index in [1.807, 2.05) is 36.4 Å². The van der Waals surface area contributed by atoms with Gasteiger partial charge in [0, 0.05) is 13.6 Å². The molecule has 0 spiro atoms. The SMILES string of the molecule is C[C@@H](OC(=O)COc1ccc(C#N)cc1)C(=O)N(C)Cc1ccccc1. The van der Waals surface area contributed by atoms with Gasteiger partial charge in [-0.25, -0.2) is 4.79 Å². The lowest BCUT2D eigenvalue weighted by Crippen LogP contribution is -2.37. The van der Waals surface area contributed by atoms with Crippen LogP contribution in [0, 0.1) is 11.3 Å². The number of rotatable bonds is 7. The van der Waals surface area contributed by atoms with E-state index in [4.69, 9.17) is 14.7 Å². The number of hydrogen-bond acceptors (Lipinski definition) is 5. The molecule has 0 N–H and O–H groups in total. The molecule has 6 nitrogen and oxygen atoms in total. The molecular formula is C20H20N2O4. The highest BCUT2D eigenvalue weighted by Gasteiger charge is 2.21. The van der Waals surface area contributed by atoms with Gasteiger partial charge in [-0.3, -0.25) is 4.79 Å². The van der Waals surface area contributed by atoms with Crippen molar-refractivity contribution in [1.29, 1.82) is 5.26 Å². The summed E-state index contributed by atoms with van der Waals surface area (Å²) >= 11 is 0. The smallest absolute Gasteiger partial charge is 0.344 e. The molecule has 0 aliphatic heterocycles. The Morgan fingerprint density at radius 3 is 2.38 bits per heavy atom. The van der Waals surface area contributed by atoms with E-state index in [0.717, 1.165) is 5.56 Å². The fraction of sp³-hybridized carbons (Fsp3) is 0.250. The molecule has 6 heteroatoms. The molecule has 0 radical (unpaired) electrons. The van der Waals surface area contributed by atoms with Crippen LogP contribution in [0.5, 0.6) is 5.75 Å². The van der Waals surface area contributed by atoms with Crippen LogP contribution in [-0.4, -0.2) is 36.5 Å². The number of nitriles is 1. The number of carbonyl (C=O) groups excluding carboxylic acids is 2. The van der Waals surface area contributed by atoms with Gasteiger partial charge in [0.05, 0.1) is 11.6 Å². The molecule has 2 aromatic carbocycles. The van der Waals surface area contributed by atoms with Gasteiger partial charge in [0.1, 0.15) is 5.75 Å². The van der Waals surface area contributed by atoms with Crippen molar-refractivity contribution in [3.05, 3.63) is 65.7 Å². The molecule has 0 bridgehead atoms. The molecule has 0 aliphatic rings. The van der Waals surface area contributed by atoms with Crippen LogP contribution in [0.1, 0.15) is 18.1 Å². The Morgan fingerprint density at radius 1 is 1.12 bits per heavy atom. The van der Waals surface area contributed by atoms with Crippen molar-refractivity contribution in [2.24, 2.45) is 0 Å². The van der Waals surface area contributed by atoms with Crippen LogP contribution in [0.2, 0.25) is 0 Å². The van der Waals surface area contributed by atoms with Gasteiger partial charge < -0.3 is 14.4 Å². The average Bonchev–Trinajstić information content (AvgIpc) is 2.66. The predicted molar refractivity (Wildman–Crippen MR) is 95.1 cm³/mol. The third kappa shape index (κ3) is 5.64. The standard InChI is InChI=1S/C20H20N2O4/c1-15(20(24)22(2)13-17-6-4-3-5-7-17)26-19(23)14-25-18-10-8-16(12-21)9-11-18/h3-11,15H,13-14H2,1-2H3/t15-/m1/s1. The molecule has 1 atom stereocenters. The van der Waals surface area contributed by atoms with Crippen molar-refractivity contribution in [2.75, 3.05) is 13.7 Å². The lowest BCUT2D eigenvalue weighted by atomic mass is 10.2. The van der Waals surface area contributed by atoms with Crippen molar-refractivity contribution < 1.29 is 19.1 Å². The zero-order valence-corrected chi connectivity index (χ0v) is 14.7. The minimum absolute atomic E-state index is 0.291. The maximum atomic E-state index is 12.3. The first kappa shape index (κ1) is 19.0. The van der Waals surface area contributed by atoms with Crippen molar-refractivity contribution in [3.8, 4) is 11.8 Å². The summed E-state index contributed by atoms with van der Waals surface area (Å²) in [6.45, 7) is 1.65. The molecule has 0 unspecified atom stereocenters. The predicted octanol–water partition coefficient (Wildman–Crippen LogP) is 2.53. The first-order valence-corrected chi connectivity index (χ1v) is 8.11. The lowest BCUT2D eigenvalue weighted by molar-refractivity contribution is -0.160. The van der Waals surface area contributed by atoms with Crippen molar-refractivity contribution in [3.63, 3.8) is 0 Å². The Balaban J connectivity index is 1.79. The zero-order valence-electron chi connectivity index (χ0n) is 14.7. The number of carbonyl (C=O) groups is 2. The second kappa shape index (κ2) is 9.23. The minimum atomic E-state index is -0.902. The molecule has 0 aliphatic carbocycles. The maximum absolute atomic E-state index is 12.3. The lowest BCUT2D eigenvalue weighted by Gasteiger charge is -2.21. The minimum Gasteiger partial charge on any atom is -0.482 e. The number of amides is 1. The van der Waals surface area contributed by atoms with E-state index in [1.165, 1.54) is 11.8 Å². The van der Waals surface area contributed by atoms with Gasteiger partial charge in [-0.1, -0.05) is 30.3 Å². The summed E-state index contributed by atoms with van der Waals surface area (Å²) in [5.41, 5.74) is 1.49. The Bertz CT molecular complexity index is 782. The topological polar surface area (TPSA) is 79.6 Å². The fourth-order valence-corrected chi connectivity index (χ4v) is 2.30. The van der Waals surface area contributed by atoms with Gasteiger partial charge in [0.2, 0.25) is 0 Å². The van der Waals surface area contributed by atoms with Gasteiger partial charge in [-0.05, 0) is 36.8 Å². The normalized spacial score (nSPS) is 11.1. The molecule has 2 aromatic rings. The van der Waals surface area contributed by atoms with Crippen LogP contribution in [0.4, 0.5) is 0 Å². The monoisotopic (exact) mass is 352 g/mol. The molecule has 134 valence electrons. The zero-order chi connectivity index (χ0) is 18.9. The van der Waals surface area contributed by atoms with Crippen LogP contribution >= 0.6 is 0 Å². The van der Waals surface area contributed by atoms with Crippen LogP contribution < -0.4 is 4.74 Å². The number of ether oxygens (including phenoxy) is 2. The van der Waals surface area contributed by atoms with E-state index in [-0.39, 0.29) is 12.5 Å². The Labute approximate surface area is 152 Å². The van der Waals surface area contributed by atoms with E-state index in [9.17, 15) is 9.59 Å². The molecule has 0 saturated heterocycles. The van der Waals surface area contributed by atoms with Gasteiger partial charge in [-0.2, -0.15) is 5.26 Å². The molecule has 1 amide bonds. The summed E-state index contributed by atoms with van der Waals surface area (Å²) in [5.74, 6) is -0.481. The molecule has 26 heavy (non-hydrogen) atoms. The summed E-state index contributed by atoms with van der Waals surface area (Å²) in [6.07, 6.45) is -0.902. The summed E-state index contributed by atoms with van der Waals surface area (Å²) in [4.78, 5) is 25.7. The second-order valence-corrected chi connectivity index (χ2v) is 5.74. The van der Waals surface area contributed by atoms with Gasteiger partial charge in [0.25, 0.3) is 5.91 Å². The van der Waals surface area contributed by atoms with Crippen LogP contribution in [0.15, 0.2) is 54.6 Å². The molecule has 0 heterocycles. The highest BCUT2D eigenvalue weighted by atomic mass is 16.6. The Morgan fingerprint density at radius 2 is 1.77 bits per heavy atom. The summed E-state index contributed by atoms with van der Waals surface area (Å²) in [6, 6.07) is 17.9.